The number of hydrogen-bond donors (Lipinski definition) is 2. The molecule has 2 aromatic carbocycles. The van der Waals surface area contributed by atoms with Crippen molar-refractivity contribution >= 4 is 28.9 Å². The molecule has 0 spiro atoms. The minimum Gasteiger partial charge on any atom is -0.870 e. The maximum absolute atomic E-state index is 11.2. The third kappa shape index (κ3) is 8.47. The fourth-order valence-corrected chi connectivity index (χ4v) is 1.91. The molecule has 0 bridgehead atoms. The van der Waals surface area contributed by atoms with Gasteiger partial charge in [-0.1, -0.05) is 11.6 Å². The number of halogens is 1. The van der Waals surface area contributed by atoms with Crippen LogP contribution in [-0.2, 0) is 4.74 Å². The Hall–Kier alpha value is -1.80. The van der Waals surface area contributed by atoms with Crippen LogP contribution in [0.3, 0.4) is 0 Å². The first kappa shape index (κ1) is 28.4. The van der Waals surface area contributed by atoms with Gasteiger partial charge in [0.25, 0.3) is 5.69 Å². The SMILES string of the molecule is COC(=O)c1cc(NN=O)c(Cl)c([N+](=O)[O-])c1.COc1ccc(O)cc1.[K+].[OH-]. The summed E-state index contributed by atoms with van der Waals surface area (Å²) in [4.78, 5) is 31.2. The molecule has 146 valence electrons. The number of nitrogens with one attached hydrogen (secondary N) is 1. The molecule has 0 fully saturated rings. The van der Waals surface area contributed by atoms with Crippen molar-refractivity contribution in [2.24, 2.45) is 5.29 Å². The maximum Gasteiger partial charge on any atom is 1.00 e. The Morgan fingerprint density at radius 1 is 1.25 bits per heavy atom. The van der Waals surface area contributed by atoms with Gasteiger partial charge < -0.3 is 20.1 Å². The summed E-state index contributed by atoms with van der Waals surface area (Å²) in [6, 6.07) is 8.65. The number of benzene rings is 2. The van der Waals surface area contributed by atoms with Crippen molar-refractivity contribution in [3.05, 3.63) is 62.0 Å². The van der Waals surface area contributed by atoms with Crippen molar-refractivity contribution in [1.82, 2.24) is 0 Å². The summed E-state index contributed by atoms with van der Waals surface area (Å²) in [5.41, 5.74) is 1.13. The molecule has 0 aliphatic heterocycles. The number of nitroso groups, excluding NO2 is 1. The van der Waals surface area contributed by atoms with Crippen LogP contribution in [0.5, 0.6) is 11.5 Å². The topological polar surface area (TPSA) is 170 Å². The van der Waals surface area contributed by atoms with Gasteiger partial charge in [0, 0.05) is 6.07 Å². The zero-order valence-electron chi connectivity index (χ0n) is 15.1. The molecule has 0 aliphatic rings. The number of phenols is 1. The molecule has 3 N–H and O–H groups in total. The molecule has 2 rings (SSSR count). The third-order valence-electron chi connectivity index (χ3n) is 2.91. The van der Waals surface area contributed by atoms with E-state index in [0.29, 0.717) is 0 Å². The molecule has 0 aromatic heterocycles. The van der Waals surface area contributed by atoms with E-state index in [-0.39, 0.29) is 78.9 Å². The number of aromatic hydroxyl groups is 1. The number of esters is 1. The molecule has 13 heteroatoms. The van der Waals surface area contributed by atoms with Gasteiger partial charge in [0.1, 0.15) is 16.5 Å². The zero-order valence-corrected chi connectivity index (χ0v) is 19.0. The number of carbonyl (C=O) groups excluding carboxylic acids is 1. The molecule has 0 atom stereocenters. The van der Waals surface area contributed by atoms with E-state index in [1.807, 2.05) is 5.43 Å². The van der Waals surface area contributed by atoms with Gasteiger partial charge in [0.2, 0.25) is 0 Å². The second-order valence-electron chi connectivity index (χ2n) is 4.51. The number of anilines is 1. The summed E-state index contributed by atoms with van der Waals surface area (Å²) in [5.74, 6) is 0.224. The second-order valence-corrected chi connectivity index (χ2v) is 4.88. The van der Waals surface area contributed by atoms with Crippen LogP contribution in [0.15, 0.2) is 41.7 Å². The number of nitrogens with zero attached hydrogens (tertiary/aromatic N) is 2. The first-order valence-corrected chi connectivity index (χ1v) is 7.19. The van der Waals surface area contributed by atoms with Crippen molar-refractivity contribution in [2.75, 3.05) is 19.6 Å². The molecule has 2 aromatic rings. The van der Waals surface area contributed by atoms with Crippen LogP contribution in [0.4, 0.5) is 11.4 Å². The largest absolute Gasteiger partial charge is 1.00 e. The monoisotopic (exact) mass is 439 g/mol. The van der Waals surface area contributed by atoms with Crippen LogP contribution in [-0.4, -0.2) is 35.7 Å². The van der Waals surface area contributed by atoms with Crippen LogP contribution >= 0.6 is 11.6 Å². The molecule has 0 unspecified atom stereocenters. The summed E-state index contributed by atoms with van der Waals surface area (Å²) in [6.07, 6.45) is 0. The zero-order chi connectivity index (χ0) is 19.7. The summed E-state index contributed by atoms with van der Waals surface area (Å²) >= 11 is 5.65. The molecule has 0 saturated heterocycles. The number of phenolic OH excluding ortho intramolecular Hbond substituents is 1. The predicted molar refractivity (Wildman–Crippen MR) is 95.5 cm³/mol. The molecule has 28 heavy (non-hydrogen) atoms. The minimum absolute atomic E-state index is 0. The van der Waals surface area contributed by atoms with E-state index in [9.17, 15) is 19.8 Å². The Morgan fingerprint density at radius 3 is 2.25 bits per heavy atom. The molecule has 11 nitrogen and oxygen atoms in total. The van der Waals surface area contributed by atoms with Crippen LogP contribution in [0, 0.1) is 15.0 Å². The summed E-state index contributed by atoms with van der Waals surface area (Å²) in [5, 5.41) is 21.5. The average Bonchev–Trinajstić information content (AvgIpc) is 2.63. The Morgan fingerprint density at radius 2 is 1.82 bits per heavy atom. The fraction of sp³-hybridized carbons (Fsp3) is 0.133. The molecular weight excluding hydrogens is 425 g/mol. The quantitative estimate of drug-likeness (QED) is 0.219. The minimum atomic E-state index is -0.793. The van der Waals surface area contributed by atoms with E-state index in [4.69, 9.17) is 21.4 Å². The average molecular weight is 440 g/mol. The summed E-state index contributed by atoms with van der Waals surface area (Å²) in [7, 11) is 2.71. The predicted octanol–water partition coefficient (Wildman–Crippen LogP) is 0.356. The van der Waals surface area contributed by atoms with Crippen molar-refractivity contribution in [1.29, 1.82) is 0 Å². The van der Waals surface area contributed by atoms with Gasteiger partial charge in [-0.05, 0) is 30.3 Å². The van der Waals surface area contributed by atoms with Gasteiger partial charge in [-0.25, -0.2) is 10.2 Å². The van der Waals surface area contributed by atoms with E-state index < -0.39 is 16.6 Å². The smallest absolute Gasteiger partial charge is 0.870 e. The first-order chi connectivity index (χ1) is 12.3. The number of nitro benzene ring substituents is 1. The fourth-order valence-electron chi connectivity index (χ4n) is 1.69. The van der Waals surface area contributed by atoms with E-state index in [1.54, 1.807) is 31.4 Å². The Kier molecular flexibility index (Phi) is 14.4. The molecule has 0 saturated carbocycles. The normalized spacial score (nSPS) is 8.68. The number of ether oxygens (including phenoxy) is 2. The Labute approximate surface area is 206 Å². The van der Waals surface area contributed by atoms with Crippen molar-refractivity contribution in [3.8, 4) is 11.5 Å². The van der Waals surface area contributed by atoms with Gasteiger partial charge in [-0.15, -0.1) is 4.91 Å². The Bertz CT molecular complexity index is 805. The van der Waals surface area contributed by atoms with Crippen LogP contribution < -0.4 is 61.5 Å². The number of methoxy groups -OCH3 is 2. The molecule has 0 heterocycles. The molecule has 0 amide bonds. The van der Waals surface area contributed by atoms with Crippen molar-refractivity contribution in [3.63, 3.8) is 0 Å². The second kappa shape index (κ2) is 14.2. The number of hydrogen-bond acceptors (Lipinski definition) is 9. The van der Waals surface area contributed by atoms with Gasteiger partial charge >= 0.3 is 57.4 Å². The van der Waals surface area contributed by atoms with Crippen molar-refractivity contribution in [2.45, 2.75) is 0 Å². The molecular formula is C15H15ClKN3O8. The van der Waals surface area contributed by atoms with Crippen LogP contribution in [0.1, 0.15) is 10.4 Å². The van der Waals surface area contributed by atoms with E-state index in [1.165, 1.54) is 0 Å². The van der Waals surface area contributed by atoms with Gasteiger partial charge in [0.05, 0.1) is 35.7 Å². The van der Waals surface area contributed by atoms with E-state index >= 15 is 0 Å². The third-order valence-corrected chi connectivity index (χ3v) is 3.31. The van der Waals surface area contributed by atoms with Crippen molar-refractivity contribution < 1.29 is 81.2 Å². The number of rotatable bonds is 5. The van der Waals surface area contributed by atoms with Gasteiger partial charge in [-0.3, -0.25) is 10.1 Å². The number of nitro groups is 1. The van der Waals surface area contributed by atoms with Crippen LogP contribution in [0.25, 0.3) is 0 Å². The van der Waals surface area contributed by atoms with Gasteiger partial charge in [0.15, 0.2) is 0 Å². The molecule has 0 aliphatic carbocycles. The summed E-state index contributed by atoms with van der Waals surface area (Å²) in [6.45, 7) is 0. The van der Waals surface area contributed by atoms with E-state index in [0.717, 1.165) is 25.0 Å². The maximum atomic E-state index is 11.2. The Balaban J connectivity index is 0. The first-order valence-electron chi connectivity index (χ1n) is 6.81. The van der Waals surface area contributed by atoms with Crippen LogP contribution in [0.2, 0.25) is 5.02 Å². The standard InChI is InChI=1S/C8H6ClN3O5.C7H8O2.K.H2O/c1-17-8(13)4-2-5(10-11-14)7(9)6(3-4)12(15)16;1-9-7-4-2-6(8)3-5-7;;/h2-3H,1H3,(H,10,14);2-5,8H,1H3;;1H2/q;;+1;/p-1. The van der Waals surface area contributed by atoms with Gasteiger partial charge in [-0.2, -0.15) is 0 Å². The van der Waals surface area contributed by atoms with E-state index in [2.05, 4.69) is 10.0 Å². The molecule has 0 radical (unpaired) electrons. The summed E-state index contributed by atoms with van der Waals surface area (Å²) < 4.78 is 9.26. The number of carbonyl (C=O) groups is 1.